The number of non-ortho nitro benzene ring substituents is 1. The van der Waals surface area contributed by atoms with Gasteiger partial charge in [0.2, 0.25) is 0 Å². The molecule has 1 aromatic carbocycles. The first-order valence-electron chi connectivity index (χ1n) is 3.09. The number of rotatable bonds is 3. The Balaban J connectivity index is 2.95. The fourth-order valence-electron chi connectivity index (χ4n) is 0.726. The van der Waals surface area contributed by atoms with Gasteiger partial charge in [-0.2, -0.15) is 0 Å². The van der Waals surface area contributed by atoms with E-state index >= 15 is 0 Å². The molecule has 0 heterocycles. The van der Waals surface area contributed by atoms with Crippen LogP contribution in [-0.2, 0) is 4.70 Å². The Hall–Kier alpha value is -1.72. The van der Waals surface area contributed by atoms with Crippen molar-refractivity contribution < 1.29 is 14.3 Å². The molecule has 0 saturated heterocycles. The molecular formula is C6H4BNO4. The fourth-order valence-corrected chi connectivity index (χ4v) is 0.726. The van der Waals surface area contributed by atoms with Crippen molar-refractivity contribution in [3.05, 3.63) is 34.4 Å². The van der Waals surface area contributed by atoms with Crippen LogP contribution in [0.15, 0.2) is 24.3 Å². The Kier molecular flexibility index (Phi) is 2.52. The van der Waals surface area contributed by atoms with Crippen LogP contribution in [0.25, 0.3) is 0 Å². The fraction of sp³-hybridized carbons (Fsp3) is 0. The van der Waals surface area contributed by atoms with E-state index in [1.165, 1.54) is 24.3 Å². The summed E-state index contributed by atoms with van der Waals surface area (Å²) in [5.74, 6) is 0.166. The molecule has 60 valence electrons. The van der Waals surface area contributed by atoms with Gasteiger partial charge in [-0.3, -0.25) is 0 Å². The zero-order chi connectivity index (χ0) is 8.97. The standard InChI is InChI=1S/C6H4BNO4/c9-7-12-6-3-1-2-5(4-6)8(10)11/h1-4H. The van der Waals surface area contributed by atoms with E-state index in [0.29, 0.717) is 0 Å². The molecule has 5 nitrogen and oxygen atoms in total. The monoisotopic (exact) mass is 165 g/mol. The van der Waals surface area contributed by atoms with Gasteiger partial charge in [0.05, 0.1) is 0 Å². The van der Waals surface area contributed by atoms with Gasteiger partial charge in [0.25, 0.3) is 0 Å². The van der Waals surface area contributed by atoms with Crippen LogP contribution in [0.5, 0.6) is 5.75 Å². The van der Waals surface area contributed by atoms with Crippen LogP contribution in [0.4, 0.5) is 5.69 Å². The second-order valence-electron chi connectivity index (χ2n) is 1.97. The van der Waals surface area contributed by atoms with Crippen molar-refractivity contribution in [1.29, 1.82) is 0 Å². The quantitative estimate of drug-likeness (QED) is 0.379. The van der Waals surface area contributed by atoms with Gasteiger partial charge >= 0.3 is 67.5 Å². The van der Waals surface area contributed by atoms with E-state index < -0.39 is 4.92 Å². The van der Waals surface area contributed by atoms with Gasteiger partial charge in [0.1, 0.15) is 0 Å². The SMILES string of the molecule is O=BOc1cccc([N+](=O)[O-])c1. The van der Waals surface area contributed by atoms with Crippen molar-refractivity contribution in [1.82, 2.24) is 0 Å². The number of nitro groups is 1. The van der Waals surface area contributed by atoms with E-state index in [1.54, 1.807) is 0 Å². The minimum absolute atomic E-state index is 0.102. The summed E-state index contributed by atoms with van der Waals surface area (Å²) in [6, 6.07) is 5.39. The first kappa shape index (κ1) is 8.38. The van der Waals surface area contributed by atoms with Gasteiger partial charge in [-0.25, -0.2) is 0 Å². The average molecular weight is 165 g/mol. The predicted molar refractivity (Wildman–Crippen MR) is 40.2 cm³/mol. The van der Waals surface area contributed by atoms with Crippen LogP contribution >= 0.6 is 0 Å². The molecule has 0 aromatic heterocycles. The summed E-state index contributed by atoms with van der Waals surface area (Å²) in [4.78, 5) is 9.66. The third kappa shape index (κ3) is 1.88. The molecule has 1 rings (SSSR count). The Labute approximate surface area is 68.4 Å². The molecule has 12 heavy (non-hydrogen) atoms. The maximum atomic E-state index is 10.2. The number of hydrogen-bond acceptors (Lipinski definition) is 4. The summed E-state index contributed by atoms with van der Waals surface area (Å²) in [5, 5.41) is 10.2. The molecule has 6 heteroatoms. The summed E-state index contributed by atoms with van der Waals surface area (Å²) in [6.07, 6.45) is 0. The number of nitro benzene ring substituents is 1. The Morgan fingerprint density at radius 2 is 2.25 bits per heavy atom. The number of benzene rings is 1. The third-order valence-corrected chi connectivity index (χ3v) is 1.21. The molecule has 0 unspecified atom stereocenters. The summed E-state index contributed by atoms with van der Waals surface area (Å²) in [5.41, 5.74) is -0.102. The van der Waals surface area contributed by atoms with Crippen molar-refractivity contribution >= 4 is 13.0 Å². The minimum atomic E-state index is -0.558. The van der Waals surface area contributed by atoms with E-state index in [0.717, 1.165) is 0 Å². The van der Waals surface area contributed by atoms with E-state index in [-0.39, 0.29) is 18.8 Å². The predicted octanol–water partition coefficient (Wildman–Crippen LogP) is 0.938. The molecule has 0 bridgehead atoms. The Bertz CT molecular complexity index is 314. The first-order valence-corrected chi connectivity index (χ1v) is 3.09. The van der Waals surface area contributed by atoms with Crippen molar-refractivity contribution in [3.8, 4) is 5.75 Å². The van der Waals surface area contributed by atoms with E-state index in [1.807, 2.05) is 0 Å². The van der Waals surface area contributed by atoms with E-state index in [4.69, 9.17) is 0 Å². The number of nitrogens with zero attached hydrogens (tertiary/aromatic N) is 1. The van der Waals surface area contributed by atoms with Crippen LogP contribution < -0.4 is 4.65 Å². The molecule has 0 N–H and O–H groups in total. The topological polar surface area (TPSA) is 69.4 Å². The zero-order valence-electron chi connectivity index (χ0n) is 5.97. The van der Waals surface area contributed by atoms with Crippen molar-refractivity contribution in [2.24, 2.45) is 0 Å². The van der Waals surface area contributed by atoms with Gasteiger partial charge in [0, 0.05) is 0 Å². The molecule has 0 radical (unpaired) electrons. The van der Waals surface area contributed by atoms with Crippen molar-refractivity contribution in [3.63, 3.8) is 0 Å². The van der Waals surface area contributed by atoms with Gasteiger partial charge in [-0.05, 0) is 0 Å². The summed E-state index contributed by atoms with van der Waals surface area (Å²) in [6.45, 7) is 0. The van der Waals surface area contributed by atoms with Crippen LogP contribution in [0.2, 0.25) is 0 Å². The van der Waals surface area contributed by atoms with Crippen LogP contribution in [0.3, 0.4) is 0 Å². The molecule has 0 atom stereocenters. The van der Waals surface area contributed by atoms with Crippen LogP contribution in [-0.4, -0.2) is 12.3 Å². The van der Waals surface area contributed by atoms with Crippen molar-refractivity contribution in [2.45, 2.75) is 0 Å². The van der Waals surface area contributed by atoms with Crippen LogP contribution in [0, 0.1) is 10.1 Å². The molecule has 0 spiro atoms. The molecular weight excluding hydrogens is 161 g/mol. The normalized spacial score (nSPS) is 8.67. The van der Waals surface area contributed by atoms with Gasteiger partial charge < -0.3 is 0 Å². The summed E-state index contributed by atoms with van der Waals surface area (Å²) < 4.78 is 14.3. The summed E-state index contributed by atoms with van der Waals surface area (Å²) in [7, 11) is 0.221. The molecule has 0 amide bonds. The molecule has 0 saturated carbocycles. The average Bonchev–Trinajstić information content (AvgIpc) is 2.05. The molecule has 0 aliphatic carbocycles. The second-order valence-corrected chi connectivity index (χ2v) is 1.97. The molecule has 1 aromatic rings. The maximum absolute atomic E-state index is 10.2. The number of hydrogen-bond donors (Lipinski definition) is 0. The second kappa shape index (κ2) is 3.61. The summed E-state index contributed by atoms with van der Waals surface area (Å²) >= 11 is 0. The molecule has 0 aliphatic heterocycles. The third-order valence-electron chi connectivity index (χ3n) is 1.21. The zero-order valence-corrected chi connectivity index (χ0v) is 5.97. The van der Waals surface area contributed by atoms with Gasteiger partial charge in [-0.15, -0.1) is 0 Å². The van der Waals surface area contributed by atoms with Crippen LogP contribution in [0.1, 0.15) is 0 Å². The Morgan fingerprint density at radius 3 is 2.83 bits per heavy atom. The van der Waals surface area contributed by atoms with E-state index in [9.17, 15) is 14.8 Å². The van der Waals surface area contributed by atoms with Gasteiger partial charge in [0.15, 0.2) is 0 Å². The van der Waals surface area contributed by atoms with E-state index in [2.05, 4.69) is 4.65 Å². The molecule has 0 fully saturated rings. The first-order chi connectivity index (χ1) is 5.74. The van der Waals surface area contributed by atoms with Gasteiger partial charge in [-0.1, -0.05) is 0 Å². The molecule has 0 aliphatic rings. The van der Waals surface area contributed by atoms with Crippen molar-refractivity contribution in [2.75, 3.05) is 0 Å². The Morgan fingerprint density at radius 1 is 1.50 bits per heavy atom.